The van der Waals surface area contributed by atoms with Gasteiger partial charge in [0, 0.05) is 12.3 Å². The number of aliphatic hydroxyl groups excluding tert-OH is 1. The SMILES string of the molecule is N#Cc1ccc(NS(=O)(=O)CCCO)cc1C(F)(F)F. The predicted octanol–water partition coefficient (Wildman–Crippen LogP) is 1.70. The average molecular weight is 308 g/mol. The Hall–Kier alpha value is -1.79. The van der Waals surface area contributed by atoms with Crippen molar-refractivity contribution in [2.24, 2.45) is 0 Å². The number of sulfonamides is 1. The van der Waals surface area contributed by atoms with E-state index in [0.29, 0.717) is 6.07 Å². The van der Waals surface area contributed by atoms with E-state index < -0.39 is 33.1 Å². The molecule has 0 heterocycles. The quantitative estimate of drug-likeness (QED) is 0.866. The fraction of sp³-hybridized carbons (Fsp3) is 0.364. The molecule has 20 heavy (non-hydrogen) atoms. The summed E-state index contributed by atoms with van der Waals surface area (Å²) < 4.78 is 63.0. The van der Waals surface area contributed by atoms with Crippen molar-refractivity contribution in [3.8, 4) is 6.07 Å². The summed E-state index contributed by atoms with van der Waals surface area (Å²) in [5.41, 5.74) is -2.08. The second kappa shape index (κ2) is 6.11. The summed E-state index contributed by atoms with van der Waals surface area (Å²) in [6.45, 7) is -0.345. The van der Waals surface area contributed by atoms with Gasteiger partial charge in [-0.3, -0.25) is 4.72 Å². The van der Waals surface area contributed by atoms with E-state index in [1.165, 1.54) is 6.07 Å². The predicted molar refractivity (Wildman–Crippen MR) is 65.3 cm³/mol. The van der Waals surface area contributed by atoms with Crippen LogP contribution in [0.5, 0.6) is 0 Å². The van der Waals surface area contributed by atoms with E-state index in [1.807, 2.05) is 4.72 Å². The molecule has 110 valence electrons. The van der Waals surface area contributed by atoms with Crippen molar-refractivity contribution in [2.45, 2.75) is 12.6 Å². The highest BCUT2D eigenvalue weighted by Gasteiger charge is 2.34. The molecule has 9 heteroatoms. The van der Waals surface area contributed by atoms with E-state index in [1.54, 1.807) is 0 Å². The Labute approximate surface area is 113 Å². The van der Waals surface area contributed by atoms with Crippen LogP contribution in [0.25, 0.3) is 0 Å². The first-order chi connectivity index (χ1) is 9.19. The molecule has 0 atom stereocenters. The van der Waals surface area contributed by atoms with Crippen molar-refractivity contribution in [1.29, 1.82) is 5.26 Å². The first kappa shape index (κ1) is 16.3. The Bertz CT molecular complexity index is 621. The number of halogens is 3. The van der Waals surface area contributed by atoms with Crippen LogP contribution >= 0.6 is 0 Å². The molecule has 0 aromatic heterocycles. The number of hydrogen-bond acceptors (Lipinski definition) is 4. The van der Waals surface area contributed by atoms with Gasteiger partial charge in [-0.2, -0.15) is 18.4 Å². The van der Waals surface area contributed by atoms with Gasteiger partial charge in [-0.1, -0.05) is 0 Å². The molecule has 0 spiro atoms. The Balaban J connectivity index is 3.08. The highest BCUT2D eigenvalue weighted by Crippen LogP contribution is 2.33. The lowest BCUT2D eigenvalue weighted by Gasteiger charge is -2.12. The van der Waals surface area contributed by atoms with Gasteiger partial charge in [0.25, 0.3) is 0 Å². The van der Waals surface area contributed by atoms with Crippen LogP contribution in [0.15, 0.2) is 18.2 Å². The largest absolute Gasteiger partial charge is 0.417 e. The third-order valence-corrected chi connectivity index (χ3v) is 3.66. The Kier molecular flexibility index (Phi) is 4.97. The number of benzene rings is 1. The number of rotatable bonds is 5. The van der Waals surface area contributed by atoms with Crippen LogP contribution in [0.4, 0.5) is 18.9 Å². The summed E-state index contributed by atoms with van der Waals surface area (Å²) in [6, 6.07) is 3.93. The van der Waals surface area contributed by atoms with Gasteiger partial charge < -0.3 is 5.11 Å². The first-order valence-electron chi connectivity index (χ1n) is 5.42. The number of aliphatic hydroxyl groups is 1. The number of nitriles is 1. The molecule has 0 unspecified atom stereocenters. The van der Waals surface area contributed by atoms with Gasteiger partial charge >= 0.3 is 6.18 Å². The molecular formula is C11H11F3N2O3S. The van der Waals surface area contributed by atoms with Crippen molar-refractivity contribution >= 4 is 15.7 Å². The van der Waals surface area contributed by atoms with Crippen molar-refractivity contribution < 1.29 is 26.7 Å². The normalized spacial score (nSPS) is 11.9. The maximum absolute atomic E-state index is 12.7. The van der Waals surface area contributed by atoms with Crippen LogP contribution in [0.1, 0.15) is 17.5 Å². The molecular weight excluding hydrogens is 297 g/mol. The molecule has 0 saturated heterocycles. The molecule has 0 saturated carbocycles. The first-order valence-corrected chi connectivity index (χ1v) is 7.07. The highest BCUT2D eigenvalue weighted by atomic mass is 32.2. The maximum atomic E-state index is 12.7. The summed E-state index contributed by atoms with van der Waals surface area (Å²) in [4.78, 5) is 0. The van der Waals surface area contributed by atoms with Gasteiger partial charge in [0.1, 0.15) is 0 Å². The summed E-state index contributed by atoms with van der Waals surface area (Å²) >= 11 is 0. The lowest BCUT2D eigenvalue weighted by molar-refractivity contribution is -0.137. The molecule has 0 radical (unpaired) electrons. The molecule has 0 fully saturated rings. The number of hydrogen-bond donors (Lipinski definition) is 2. The monoisotopic (exact) mass is 308 g/mol. The summed E-state index contributed by atoms with van der Waals surface area (Å²) in [7, 11) is -3.84. The third-order valence-electron chi connectivity index (χ3n) is 2.29. The Morgan fingerprint density at radius 1 is 1.35 bits per heavy atom. The van der Waals surface area contributed by atoms with Gasteiger partial charge in [0.2, 0.25) is 10.0 Å². The lowest BCUT2D eigenvalue weighted by atomic mass is 10.1. The fourth-order valence-corrected chi connectivity index (χ4v) is 2.52. The molecule has 0 aliphatic rings. The van der Waals surface area contributed by atoms with Gasteiger partial charge in [-0.25, -0.2) is 8.42 Å². The maximum Gasteiger partial charge on any atom is 0.417 e. The second-order valence-electron chi connectivity index (χ2n) is 3.87. The molecule has 1 aromatic carbocycles. The van der Waals surface area contributed by atoms with E-state index in [0.717, 1.165) is 12.1 Å². The summed E-state index contributed by atoms with van der Waals surface area (Å²) in [6.07, 6.45) is -4.78. The number of alkyl halides is 3. The minimum absolute atomic E-state index is 0.0300. The second-order valence-corrected chi connectivity index (χ2v) is 5.71. The molecule has 0 amide bonds. The van der Waals surface area contributed by atoms with Gasteiger partial charge in [-0.05, 0) is 24.6 Å². The van der Waals surface area contributed by atoms with E-state index in [4.69, 9.17) is 10.4 Å². The number of nitrogens with zero attached hydrogens (tertiary/aromatic N) is 1. The zero-order valence-electron chi connectivity index (χ0n) is 10.1. The molecule has 2 N–H and O–H groups in total. The molecule has 5 nitrogen and oxygen atoms in total. The Morgan fingerprint density at radius 3 is 2.50 bits per heavy atom. The smallest absolute Gasteiger partial charge is 0.396 e. The van der Waals surface area contributed by atoms with Crippen molar-refractivity contribution in [2.75, 3.05) is 17.1 Å². The van der Waals surface area contributed by atoms with Crippen LogP contribution < -0.4 is 4.72 Å². The minimum atomic E-state index is -4.75. The minimum Gasteiger partial charge on any atom is -0.396 e. The average Bonchev–Trinajstić information content (AvgIpc) is 2.35. The van der Waals surface area contributed by atoms with Crippen molar-refractivity contribution in [1.82, 2.24) is 0 Å². The van der Waals surface area contributed by atoms with Crippen molar-refractivity contribution in [3.05, 3.63) is 29.3 Å². The lowest BCUT2D eigenvalue weighted by Crippen LogP contribution is -2.18. The molecule has 1 aromatic rings. The van der Waals surface area contributed by atoms with E-state index in [9.17, 15) is 21.6 Å². The standard InChI is InChI=1S/C11H11F3N2O3S/c12-11(13,14)10-6-9(3-2-8(10)7-15)16-20(18,19)5-1-4-17/h2-3,6,16-17H,1,4-5H2. The number of anilines is 1. The molecule has 1 rings (SSSR count). The van der Waals surface area contributed by atoms with E-state index in [-0.39, 0.29) is 18.7 Å². The zero-order chi connectivity index (χ0) is 15.4. The van der Waals surface area contributed by atoms with Crippen LogP contribution in [0.2, 0.25) is 0 Å². The zero-order valence-corrected chi connectivity index (χ0v) is 10.9. The molecule has 0 aliphatic carbocycles. The van der Waals surface area contributed by atoms with Crippen LogP contribution in [0.3, 0.4) is 0 Å². The topological polar surface area (TPSA) is 90.2 Å². The Morgan fingerprint density at radius 2 is 2.00 bits per heavy atom. The van der Waals surface area contributed by atoms with Crippen molar-refractivity contribution in [3.63, 3.8) is 0 Å². The number of nitrogens with one attached hydrogen (secondary N) is 1. The van der Waals surface area contributed by atoms with Gasteiger partial charge in [-0.15, -0.1) is 0 Å². The van der Waals surface area contributed by atoms with E-state index >= 15 is 0 Å². The van der Waals surface area contributed by atoms with Crippen LogP contribution in [-0.2, 0) is 16.2 Å². The summed E-state index contributed by atoms with van der Waals surface area (Å²) in [5, 5.41) is 17.1. The molecule has 0 bridgehead atoms. The molecule has 0 aliphatic heterocycles. The highest BCUT2D eigenvalue weighted by molar-refractivity contribution is 7.92. The van der Waals surface area contributed by atoms with E-state index in [2.05, 4.69) is 0 Å². The van der Waals surface area contributed by atoms with Gasteiger partial charge in [0.05, 0.1) is 22.9 Å². The third kappa shape index (κ3) is 4.40. The van der Waals surface area contributed by atoms with Crippen LogP contribution in [0, 0.1) is 11.3 Å². The summed E-state index contributed by atoms with van der Waals surface area (Å²) in [5.74, 6) is -0.412. The van der Waals surface area contributed by atoms with Gasteiger partial charge in [0.15, 0.2) is 0 Å². The fourth-order valence-electron chi connectivity index (χ4n) is 1.42. The van der Waals surface area contributed by atoms with Crippen LogP contribution in [-0.4, -0.2) is 25.9 Å².